The van der Waals surface area contributed by atoms with Crippen LogP contribution in [0.5, 0.6) is 0 Å². The van der Waals surface area contributed by atoms with Gasteiger partial charge in [0.15, 0.2) is 0 Å². The Bertz CT molecular complexity index is 237. The lowest BCUT2D eigenvalue weighted by atomic mass is 9.99. The molecule has 1 fully saturated rings. The van der Waals surface area contributed by atoms with Gasteiger partial charge >= 0.3 is 0 Å². The van der Waals surface area contributed by atoms with Crippen LogP contribution in [0.1, 0.15) is 64.7 Å². The Balaban J connectivity index is 2.00. The van der Waals surface area contributed by atoms with E-state index in [9.17, 15) is 4.79 Å². The van der Waals surface area contributed by atoms with Crippen LogP contribution in [0.3, 0.4) is 0 Å². The minimum absolute atomic E-state index is 0.281. The number of hydrogen-bond acceptors (Lipinski definition) is 1. The average molecular weight is 237 g/mol. The highest BCUT2D eigenvalue weighted by molar-refractivity contribution is 5.81. The number of carbonyl (C=O) groups is 1. The molecule has 1 atom stereocenters. The highest BCUT2D eigenvalue weighted by Crippen LogP contribution is 2.24. The van der Waals surface area contributed by atoms with Gasteiger partial charge in [-0.15, -0.1) is 0 Å². The van der Waals surface area contributed by atoms with E-state index in [0.29, 0.717) is 5.91 Å². The molecule has 98 valence electrons. The molecule has 1 aliphatic rings. The first-order chi connectivity index (χ1) is 8.29. The summed E-state index contributed by atoms with van der Waals surface area (Å²) in [5.74, 6) is 0.578. The Kier molecular flexibility index (Phi) is 6.99. The standard InChI is InChI=1S/C15H27NO/c1-3-5-6-7-8-9-10-11-14-12-13-16(4-2)15(14)17/h4,14H,2-3,5-13H2,1H3. The van der Waals surface area contributed by atoms with Gasteiger partial charge < -0.3 is 4.90 Å². The molecule has 0 aromatic rings. The summed E-state index contributed by atoms with van der Waals surface area (Å²) in [6, 6.07) is 0. The van der Waals surface area contributed by atoms with Crippen molar-refractivity contribution in [3.63, 3.8) is 0 Å². The summed E-state index contributed by atoms with van der Waals surface area (Å²) in [5, 5.41) is 0. The van der Waals surface area contributed by atoms with Crippen molar-refractivity contribution in [2.75, 3.05) is 6.54 Å². The first kappa shape index (κ1) is 14.3. The lowest BCUT2D eigenvalue weighted by molar-refractivity contribution is -0.128. The van der Waals surface area contributed by atoms with Gasteiger partial charge in [-0.05, 0) is 19.0 Å². The monoisotopic (exact) mass is 237 g/mol. The molecule has 0 spiro atoms. The van der Waals surface area contributed by atoms with Crippen LogP contribution in [0.25, 0.3) is 0 Å². The van der Waals surface area contributed by atoms with Gasteiger partial charge in [0.1, 0.15) is 0 Å². The fraction of sp³-hybridized carbons (Fsp3) is 0.800. The zero-order valence-corrected chi connectivity index (χ0v) is 11.3. The fourth-order valence-corrected chi connectivity index (χ4v) is 2.56. The summed E-state index contributed by atoms with van der Waals surface area (Å²) in [6.45, 7) is 6.80. The van der Waals surface area contributed by atoms with Crippen LogP contribution in [0.4, 0.5) is 0 Å². The molecule has 0 aliphatic carbocycles. The van der Waals surface area contributed by atoms with Gasteiger partial charge in [0, 0.05) is 12.5 Å². The van der Waals surface area contributed by atoms with Crippen molar-refractivity contribution in [3.05, 3.63) is 12.8 Å². The largest absolute Gasteiger partial charge is 0.319 e. The maximum atomic E-state index is 11.8. The van der Waals surface area contributed by atoms with Crippen LogP contribution in [0.15, 0.2) is 12.8 Å². The van der Waals surface area contributed by atoms with Crippen LogP contribution in [-0.2, 0) is 4.79 Å². The Morgan fingerprint density at radius 1 is 1.24 bits per heavy atom. The second-order valence-corrected chi connectivity index (χ2v) is 5.11. The summed E-state index contributed by atoms with van der Waals surface area (Å²) < 4.78 is 0. The molecule has 2 heteroatoms. The van der Waals surface area contributed by atoms with E-state index in [2.05, 4.69) is 13.5 Å². The summed E-state index contributed by atoms with van der Waals surface area (Å²) in [7, 11) is 0. The number of nitrogens with zero attached hydrogens (tertiary/aromatic N) is 1. The highest BCUT2D eigenvalue weighted by Gasteiger charge is 2.28. The third-order valence-electron chi connectivity index (χ3n) is 3.73. The Labute approximate surface area is 106 Å². The van der Waals surface area contributed by atoms with E-state index in [1.807, 2.05) is 0 Å². The lowest BCUT2D eigenvalue weighted by Gasteiger charge is -2.10. The molecule has 0 radical (unpaired) electrons. The van der Waals surface area contributed by atoms with Gasteiger partial charge in [0.2, 0.25) is 5.91 Å². The SMILES string of the molecule is C=CN1CCC(CCCCCCCCC)C1=O. The van der Waals surface area contributed by atoms with E-state index in [1.54, 1.807) is 11.1 Å². The molecule has 2 nitrogen and oxygen atoms in total. The van der Waals surface area contributed by atoms with Crippen LogP contribution >= 0.6 is 0 Å². The topological polar surface area (TPSA) is 20.3 Å². The van der Waals surface area contributed by atoms with Crippen LogP contribution in [0, 0.1) is 5.92 Å². The number of unbranched alkanes of at least 4 members (excludes halogenated alkanes) is 6. The predicted octanol–water partition coefficient (Wildman–Crippen LogP) is 4.12. The van der Waals surface area contributed by atoms with Crippen molar-refractivity contribution in [2.45, 2.75) is 64.7 Å². The molecule has 0 aromatic heterocycles. The normalized spacial score (nSPS) is 19.9. The first-order valence-electron chi connectivity index (χ1n) is 7.22. The Hall–Kier alpha value is -0.790. The fourth-order valence-electron chi connectivity index (χ4n) is 2.56. The van der Waals surface area contributed by atoms with E-state index >= 15 is 0 Å². The van der Waals surface area contributed by atoms with Crippen molar-refractivity contribution < 1.29 is 4.79 Å². The predicted molar refractivity (Wildman–Crippen MR) is 72.6 cm³/mol. The Morgan fingerprint density at radius 2 is 1.88 bits per heavy atom. The zero-order chi connectivity index (χ0) is 12.5. The number of likely N-dealkylation sites (tertiary alicyclic amines) is 1. The molecule has 1 saturated heterocycles. The van der Waals surface area contributed by atoms with Gasteiger partial charge in [-0.2, -0.15) is 0 Å². The van der Waals surface area contributed by atoms with Gasteiger partial charge in [-0.1, -0.05) is 58.4 Å². The average Bonchev–Trinajstić information content (AvgIpc) is 2.69. The molecule has 1 aliphatic heterocycles. The molecule has 17 heavy (non-hydrogen) atoms. The lowest BCUT2D eigenvalue weighted by Crippen LogP contribution is -2.21. The molecular formula is C15H27NO. The number of rotatable bonds is 9. The van der Waals surface area contributed by atoms with Gasteiger partial charge in [-0.3, -0.25) is 4.79 Å². The smallest absolute Gasteiger partial charge is 0.229 e. The summed E-state index contributed by atoms with van der Waals surface area (Å²) in [5.41, 5.74) is 0. The number of amides is 1. The van der Waals surface area contributed by atoms with Crippen molar-refractivity contribution >= 4 is 5.91 Å². The maximum Gasteiger partial charge on any atom is 0.229 e. The highest BCUT2D eigenvalue weighted by atomic mass is 16.2. The van der Waals surface area contributed by atoms with E-state index in [0.717, 1.165) is 19.4 Å². The van der Waals surface area contributed by atoms with Crippen molar-refractivity contribution in [2.24, 2.45) is 5.92 Å². The molecular weight excluding hydrogens is 210 g/mol. The quantitative estimate of drug-likeness (QED) is 0.552. The summed E-state index contributed by atoms with van der Waals surface area (Å²) in [4.78, 5) is 13.6. The molecule has 0 N–H and O–H groups in total. The van der Waals surface area contributed by atoms with Crippen molar-refractivity contribution in [3.8, 4) is 0 Å². The second-order valence-electron chi connectivity index (χ2n) is 5.11. The van der Waals surface area contributed by atoms with Gasteiger partial charge in [0.25, 0.3) is 0 Å². The van der Waals surface area contributed by atoms with Crippen molar-refractivity contribution in [1.29, 1.82) is 0 Å². The first-order valence-corrected chi connectivity index (χ1v) is 7.22. The Morgan fingerprint density at radius 3 is 2.47 bits per heavy atom. The summed E-state index contributed by atoms with van der Waals surface area (Å²) >= 11 is 0. The molecule has 1 unspecified atom stereocenters. The van der Waals surface area contributed by atoms with E-state index in [-0.39, 0.29) is 5.92 Å². The minimum Gasteiger partial charge on any atom is -0.319 e. The molecule has 1 heterocycles. The summed E-state index contributed by atoms with van der Waals surface area (Å²) in [6.07, 6.45) is 13.1. The molecule has 1 amide bonds. The third kappa shape index (κ3) is 4.93. The second kappa shape index (κ2) is 8.32. The maximum absolute atomic E-state index is 11.8. The van der Waals surface area contributed by atoms with Crippen molar-refractivity contribution in [1.82, 2.24) is 4.90 Å². The molecule has 0 aromatic carbocycles. The van der Waals surface area contributed by atoms with E-state index in [4.69, 9.17) is 0 Å². The minimum atomic E-state index is 0.281. The van der Waals surface area contributed by atoms with E-state index < -0.39 is 0 Å². The van der Waals surface area contributed by atoms with Crippen LogP contribution < -0.4 is 0 Å². The third-order valence-corrected chi connectivity index (χ3v) is 3.73. The molecule has 0 saturated carbocycles. The van der Waals surface area contributed by atoms with E-state index in [1.165, 1.54) is 44.9 Å². The number of hydrogen-bond donors (Lipinski definition) is 0. The number of carbonyl (C=O) groups excluding carboxylic acids is 1. The van der Waals surface area contributed by atoms with Gasteiger partial charge in [-0.25, -0.2) is 0 Å². The van der Waals surface area contributed by atoms with Gasteiger partial charge in [0.05, 0.1) is 0 Å². The zero-order valence-electron chi connectivity index (χ0n) is 11.3. The molecule has 1 rings (SSSR count). The van der Waals surface area contributed by atoms with Crippen LogP contribution in [0.2, 0.25) is 0 Å². The van der Waals surface area contributed by atoms with Crippen LogP contribution in [-0.4, -0.2) is 17.4 Å². The molecule has 0 bridgehead atoms.